The Morgan fingerprint density at radius 3 is 2.34 bits per heavy atom. The lowest BCUT2D eigenvalue weighted by Gasteiger charge is -2.08. The third-order valence-corrected chi connectivity index (χ3v) is 6.30. The highest BCUT2D eigenvalue weighted by atomic mass is 35.5. The molecule has 3 heterocycles. The number of hydrogen-bond acceptors (Lipinski definition) is 5. The van der Waals surface area contributed by atoms with Crippen molar-refractivity contribution in [3.63, 3.8) is 0 Å². The number of hydrogen-bond donors (Lipinski definition) is 2. The number of benzene rings is 1. The van der Waals surface area contributed by atoms with Crippen molar-refractivity contribution < 1.29 is 9.59 Å². The van der Waals surface area contributed by atoms with Gasteiger partial charge in [-0.1, -0.05) is 29.8 Å². The first-order chi connectivity index (χ1) is 13.9. The highest BCUT2D eigenvalue weighted by Crippen LogP contribution is 2.35. The molecule has 0 saturated carbocycles. The summed E-state index contributed by atoms with van der Waals surface area (Å²) in [6.07, 6.45) is 3.00. The third-order valence-electron chi connectivity index (χ3n) is 4.63. The fraction of sp³-hybridized carbons (Fsp3) is 0.158. The van der Waals surface area contributed by atoms with Crippen LogP contribution in [0, 0.1) is 6.92 Å². The number of fused-ring (bicyclic) bond motifs is 1. The van der Waals surface area contributed by atoms with E-state index < -0.39 is 11.8 Å². The molecule has 0 saturated heterocycles. The van der Waals surface area contributed by atoms with Crippen LogP contribution in [-0.2, 0) is 14.1 Å². The van der Waals surface area contributed by atoms with Crippen LogP contribution in [0.5, 0.6) is 0 Å². The predicted octanol–water partition coefficient (Wildman–Crippen LogP) is 3.83. The van der Waals surface area contributed by atoms with Crippen LogP contribution < -0.4 is 10.6 Å². The molecular weight excluding hydrogens is 412 g/mol. The first-order valence-corrected chi connectivity index (χ1v) is 9.86. The summed E-state index contributed by atoms with van der Waals surface area (Å²) < 4.78 is 3.98. The molecule has 3 aromatic heterocycles. The number of carbonyl (C=O) groups excluding carboxylic acids is 2. The maximum Gasteiger partial charge on any atom is 0.276 e. The standard InChI is InChI=1S/C19H17ClN6O2S/c1-10-12(8-21-25(10)2)23-18(27)16-13(9-22-26(16)3)24-19(28)17-15(20)11-6-4-5-7-14(11)29-17/h4-9H,1-3H3,(H,23,27)(H,24,28). The zero-order valence-electron chi connectivity index (χ0n) is 15.9. The molecule has 10 heteroatoms. The molecule has 0 fully saturated rings. The Balaban J connectivity index is 1.61. The summed E-state index contributed by atoms with van der Waals surface area (Å²) in [5.41, 5.74) is 1.91. The lowest BCUT2D eigenvalue weighted by Crippen LogP contribution is -2.20. The number of aromatic nitrogens is 4. The minimum atomic E-state index is -0.404. The number of aryl methyl sites for hydroxylation is 2. The van der Waals surface area contributed by atoms with Gasteiger partial charge in [-0.3, -0.25) is 19.0 Å². The highest BCUT2D eigenvalue weighted by Gasteiger charge is 2.23. The molecule has 0 spiro atoms. The summed E-state index contributed by atoms with van der Waals surface area (Å²) in [5, 5.41) is 15.0. The average Bonchev–Trinajstić information content (AvgIpc) is 3.33. The predicted molar refractivity (Wildman–Crippen MR) is 114 cm³/mol. The molecule has 4 rings (SSSR count). The van der Waals surface area contributed by atoms with Crippen LogP contribution in [0.3, 0.4) is 0 Å². The van der Waals surface area contributed by atoms with E-state index in [1.807, 2.05) is 31.2 Å². The molecular formula is C19H17ClN6O2S. The summed E-state index contributed by atoms with van der Waals surface area (Å²) in [5.74, 6) is -0.797. The van der Waals surface area contributed by atoms with Crippen LogP contribution in [-0.4, -0.2) is 31.4 Å². The Bertz CT molecular complexity index is 1260. The van der Waals surface area contributed by atoms with Crippen LogP contribution in [0.25, 0.3) is 10.1 Å². The van der Waals surface area contributed by atoms with Gasteiger partial charge in [0.2, 0.25) is 0 Å². The Hall–Kier alpha value is -3.17. The van der Waals surface area contributed by atoms with E-state index in [0.29, 0.717) is 21.3 Å². The van der Waals surface area contributed by atoms with Gasteiger partial charge in [0.05, 0.1) is 34.5 Å². The van der Waals surface area contributed by atoms with Crippen molar-refractivity contribution in [1.82, 2.24) is 19.6 Å². The molecule has 2 amide bonds. The van der Waals surface area contributed by atoms with Crippen molar-refractivity contribution in [2.75, 3.05) is 10.6 Å². The number of anilines is 2. The van der Waals surface area contributed by atoms with Gasteiger partial charge in [0.1, 0.15) is 10.6 Å². The van der Waals surface area contributed by atoms with Gasteiger partial charge in [0.15, 0.2) is 0 Å². The summed E-state index contributed by atoms with van der Waals surface area (Å²) in [6.45, 7) is 1.85. The number of thiophene rings is 1. The molecule has 0 bridgehead atoms. The highest BCUT2D eigenvalue weighted by molar-refractivity contribution is 7.21. The van der Waals surface area contributed by atoms with E-state index in [0.717, 1.165) is 15.8 Å². The monoisotopic (exact) mass is 428 g/mol. The van der Waals surface area contributed by atoms with Crippen LogP contribution >= 0.6 is 22.9 Å². The van der Waals surface area contributed by atoms with E-state index in [1.165, 1.54) is 22.2 Å². The SMILES string of the molecule is Cc1c(NC(=O)c2c(NC(=O)c3sc4ccccc4c3Cl)cnn2C)cnn1C. The van der Waals surface area contributed by atoms with Crippen LogP contribution in [0.2, 0.25) is 5.02 Å². The molecule has 8 nitrogen and oxygen atoms in total. The van der Waals surface area contributed by atoms with Crippen molar-refractivity contribution in [3.8, 4) is 0 Å². The van der Waals surface area contributed by atoms with Gasteiger partial charge in [-0.15, -0.1) is 11.3 Å². The van der Waals surface area contributed by atoms with E-state index >= 15 is 0 Å². The Morgan fingerprint density at radius 1 is 1.00 bits per heavy atom. The van der Waals surface area contributed by atoms with Crippen molar-refractivity contribution in [3.05, 3.63) is 57.9 Å². The summed E-state index contributed by atoms with van der Waals surface area (Å²) >= 11 is 7.69. The second-order valence-electron chi connectivity index (χ2n) is 6.45. The van der Waals surface area contributed by atoms with Crippen molar-refractivity contribution in [2.24, 2.45) is 14.1 Å². The smallest absolute Gasteiger partial charge is 0.276 e. The fourth-order valence-electron chi connectivity index (χ4n) is 2.94. The molecule has 0 aliphatic heterocycles. The summed E-state index contributed by atoms with van der Waals surface area (Å²) in [4.78, 5) is 26.0. The second kappa shape index (κ2) is 7.34. The lowest BCUT2D eigenvalue weighted by molar-refractivity contribution is 0.101. The van der Waals surface area contributed by atoms with E-state index in [4.69, 9.17) is 11.6 Å². The van der Waals surface area contributed by atoms with Gasteiger partial charge in [-0.2, -0.15) is 10.2 Å². The van der Waals surface area contributed by atoms with Crippen LogP contribution in [0.4, 0.5) is 11.4 Å². The van der Waals surface area contributed by atoms with Crippen molar-refractivity contribution >= 4 is 56.2 Å². The van der Waals surface area contributed by atoms with Crippen LogP contribution in [0.1, 0.15) is 25.9 Å². The summed E-state index contributed by atoms with van der Waals surface area (Å²) in [7, 11) is 3.42. The summed E-state index contributed by atoms with van der Waals surface area (Å²) in [6, 6.07) is 7.53. The van der Waals surface area contributed by atoms with Gasteiger partial charge in [-0.25, -0.2) is 0 Å². The minimum Gasteiger partial charge on any atom is -0.318 e. The molecule has 148 valence electrons. The first-order valence-electron chi connectivity index (χ1n) is 8.67. The van der Waals surface area contributed by atoms with Crippen molar-refractivity contribution in [2.45, 2.75) is 6.92 Å². The molecule has 29 heavy (non-hydrogen) atoms. The largest absolute Gasteiger partial charge is 0.318 e. The number of halogens is 1. The quantitative estimate of drug-likeness (QED) is 0.516. The molecule has 0 aliphatic carbocycles. The zero-order chi connectivity index (χ0) is 20.7. The molecule has 0 atom stereocenters. The normalized spacial score (nSPS) is 11.0. The average molecular weight is 429 g/mol. The molecule has 0 aliphatic rings. The number of amides is 2. The lowest BCUT2D eigenvalue weighted by atomic mass is 10.2. The topological polar surface area (TPSA) is 93.8 Å². The van der Waals surface area contributed by atoms with E-state index in [9.17, 15) is 9.59 Å². The van der Waals surface area contributed by atoms with Crippen molar-refractivity contribution in [1.29, 1.82) is 0 Å². The molecule has 4 aromatic rings. The third kappa shape index (κ3) is 3.39. The second-order valence-corrected chi connectivity index (χ2v) is 7.88. The van der Waals surface area contributed by atoms with Gasteiger partial charge >= 0.3 is 0 Å². The molecule has 1 aromatic carbocycles. The molecule has 0 radical (unpaired) electrons. The fourth-order valence-corrected chi connectivity index (χ4v) is 4.35. The molecule has 2 N–H and O–H groups in total. The van der Waals surface area contributed by atoms with E-state index in [1.54, 1.807) is 25.0 Å². The van der Waals surface area contributed by atoms with Crippen LogP contribution in [0.15, 0.2) is 36.7 Å². The number of nitrogens with zero attached hydrogens (tertiary/aromatic N) is 4. The Morgan fingerprint density at radius 2 is 1.66 bits per heavy atom. The number of nitrogens with one attached hydrogen (secondary N) is 2. The van der Waals surface area contributed by atoms with E-state index in [2.05, 4.69) is 20.8 Å². The van der Waals surface area contributed by atoms with Gasteiger partial charge in [-0.05, 0) is 13.0 Å². The minimum absolute atomic E-state index is 0.221. The Kier molecular flexibility index (Phi) is 4.85. The van der Waals surface area contributed by atoms with Gasteiger partial charge in [0, 0.05) is 24.2 Å². The van der Waals surface area contributed by atoms with Gasteiger partial charge in [0.25, 0.3) is 11.8 Å². The Labute approximate surface area is 175 Å². The first kappa shape index (κ1) is 19.2. The zero-order valence-corrected chi connectivity index (χ0v) is 17.4. The number of carbonyl (C=O) groups is 2. The number of rotatable bonds is 4. The van der Waals surface area contributed by atoms with E-state index in [-0.39, 0.29) is 5.69 Å². The maximum atomic E-state index is 12.8. The molecule has 0 unspecified atom stereocenters. The maximum absolute atomic E-state index is 12.8. The van der Waals surface area contributed by atoms with Gasteiger partial charge < -0.3 is 10.6 Å².